The van der Waals surface area contributed by atoms with Crippen molar-refractivity contribution in [3.05, 3.63) is 35.4 Å². The highest BCUT2D eigenvalue weighted by Gasteiger charge is 1.93. The molecule has 3 heteroatoms. The average molecular weight is 199 g/mol. The maximum atomic E-state index is 4.23. The van der Waals surface area contributed by atoms with Gasteiger partial charge in [-0.15, -0.1) is 0 Å². The van der Waals surface area contributed by atoms with E-state index in [2.05, 4.69) is 41.6 Å². The Kier molecular flexibility index (Phi) is 4.58. The van der Waals surface area contributed by atoms with Crippen molar-refractivity contribution in [1.29, 1.82) is 0 Å². The molecular weight excluding hydrogens is 186 g/mol. The van der Waals surface area contributed by atoms with E-state index in [1.54, 1.807) is 11.9 Å². The van der Waals surface area contributed by atoms with Crippen LogP contribution in [-0.2, 0) is 11.5 Å². The maximum absolute atomic E-state index is 4.23. The Morgan fingerprint density at radius 1 is 1.42 bits per heavy atom. The van der Waals surface area contributed by atoms with Gasteiger partial charge in [0.25, 0.3) is 0 Å². The van der Waals surface area contributed by atoms with Gasteiger partial charge in [0, 0.05) is 11.5 Å². The fraction of sp³-hybridized carbons (Fsp3) is 0.333. The molecular formula is C9H13NS2. The minimum absolute atomic E-state index is 0.818. The Balaban J connectivity index is 2.60. The highest BCUT2D eigenvalue weighted by Crippen LogP contribution is 2.12. The monoisotopic (exact) mass is 199 g/mol. The molecule has 1 aromatic carbocycles. The van der Waals surface area contributed by atoms with Crippen molar-refractivity contribution in [2.75, 3.05) is 7.05 Å². The molecule has 0 saturated carbocycles. The molecule has 0 aromatic heterocycles. The predicted octanol–water partition coefficient (Wildman–Crippen LogP) is 2.48. The van der Waals surface area contributed by atoms with Gasteiger partial charge in [0.05, 0.1) is 0 Å². The molecule has 0 bridgehead atoms. The van der Waals surface area contributed by atoms with E-state index in [0.717, 1.165) is 11.5 Å². The first kappa shape index (κ1) is 9.96. The smallest absolute Gasteiger partial charge is 0.0330 e. The predicted molar refractivity (Wildman–Crippen MR) is 59.5 cm³/mol. The van der Waals surface area contributed by atoms with Crippen LogP contribution in [0.25, 0.3) is 0 Å². The summed E-state index contributed by atoms with van der Waals surface area (Å²) in [4.78, 5) is 0. The Labute approximate surface area is 83.5 Å². The maximum Gasteiger partial charge on any atom is 0.0330 e. The molecule has 0 saturated heterocycles. The molecule has 0 amide bonds. The molecule has 66 valence electrons. The Morgan fingerprint density at radius 2 is 2.17 bits per heavy atom. The lowest BCUT2D eigenvalue weighted by atomic mass is 10.2. The highest BCUT2D eigenvalue weighted by molar-refractivity contribution is 7.96. The first-order chi connectivity index (χ1) is 5.86. The molecule has 1 rings (SSSR count). The molecule has 0 spiro atoms. The largest absolute Gasteiger partial charge is 0.267 e. The van der Waals surface area contributed by atoms with Gasteiger partial charge < -0.3 is 0 Å². The standard InChI is InChI=1S/C9H13NS2/c1-10-12-7-9-4-2-3-8(5-9)6-11/h2-5,10-11H,6-7H2,1H3. The zero-order valence-electron chi connectivity index (χ0n) is 7.08. The van der Waals surface area contributed by atoms with Crippen molar-refractivity contribution < 1.29 is 0 Å². The van der Waals surface area contributed by atoms with E-state index in [0.29, 0.717) is 0 Å². The van der Waals surface area contributed by atoms with Gasteiger partial charge in [-0.1, -0.05) is 36.2 Å². The van der Waals surface area contributed by atoms with Crippen LogP contribution in [0.4, 0.5) is 0 Å². The quantitative estimate of drug-likeness (QED) is 0.571. The molecule has 1 N–H and O–H groups in total. The molecule has 12 heavy (non-hydrogen) atoms. The van der Waals surface area contributed by atoms with Gasteiger partial charge in [-0.2, -0.15) is 12.6 Å². The van der Waals surface area contributed by atoms with Crippen molar-refractivity contribution in [3.8, 4) is 0 Å². The Hall–Kier alpha value is -0.120. The van der Waals surface area contributed by atoms with Crippen molar-refractivity contribution in [1.82, 2.24) is 4.72 Å². The van der Waals surface area contributed by atoms with Crippen LogP contribution in [0.15, 0.2) is 24.3 Å². The van der Waals surface area contributed by atoms with Crippen LogP contribution in [0.1, 0.15) is 11.1 Å². The zero-order chi connectivity index (χ0) is 8.81. The second-order valence-electron chi connectivity index (χ2n) is 2.47. The topological polar surface area (TPSA) is 12.0 Å². The zero-order valence-corrected chi connectivity index (χ0v) is 8.79. The molecule has 0 atom stereocenters. The summed E-state index contributed by atoms with van der Waals surface area (Å²) in [6.45, 7) is 0. The lowest BCUT2D eigenvalue weighted by Crippen LogP contribution is -1.93. The lowest BCUT2D eigenvalue weighted by molar-refractivity contribution is 1.26. The molecule has 0 aliphatic rings. The number of rotatable bonds is 4. The third kappa shape index (κ3) is 3.09. The Bertz CT molecular complexity index is 238. The minimum Gasteiger partial charge on any atom is -0.267 e. The SMILES string of the molecule is CNSCc1cccc(CS)c1. The number of benzene rings is 1. The second kappa shape index (κ2) is 5.51. The number of hydrogen-bond acceptors (Lipinski definition) is 3. The number of nitrogens with one attached hydrogen (secondary N) is 1. The summed E-state index contributed by atoms with van der Waals surface area (Å²) in [5.41, 5.74) is 2.63. The third-order valence-electron chi connectivity index (χ3n) is 1.56. The Morgan fingerprint density at radius 3 is 2.83 bits per heavy atom. The van der Waals surface area contributed by atoms with E-state index in [1.165, 1.54) is 11.1 Å². The van der Waals surface area contributed by atoms with Crippen LogP contribution in [0.2, 0.25) is 0 Å². The molecule has 0 aliphatic heterocycles. The first-order valence-electron chi connectivity index (χ1n) is 3.84. The summed E-state index contributed by atoms with van der Waals surface area (Å²) in [6, 6.07) is 8.51. The van der Waals surface area contributed by atoms with E-state index in [4.69, 9.17) is 0 Å². The second-order valence-corrected chi connectivity index (χ2v) is 3.77. The lowest BCUT2D eigenvalue weighted by Gasteiger charge is -2.01. The summed E-state index contributed by atoms with van der Waals surface area (Å²) in [5.74, 6) is 1.83. The van der Waals surface area contributed by atoms with E-state index in [1.807, 2.05) is 7.05 Å². The van der Waals surface area contributed by atoms with Crippen molar-refractivity contribution >= 4 is 24.6 Å². The van der Waals surface area contributed by atoms with Gasteiger partial charge in [-0.3, -0.25) is 4.72 Å². The van der Waals surface area contributed by atoms with Crippen LogP contribution in [0, 0.1) is 0 Å². The number of thiol groups is 1. The summed E-state index contributed by atoms with van der Waals surface area (Å²) in [6.07, 6.45) is 0. The fourth-order valence-corrected chi connectivity index (χ4v) is 1.66. The number of hydrogen-bond donors (Lipinski definition) is 2. The van der Waals surface area contributed by atoms with Crippen molar-refractivity contribution in [2.24, 2.45) is 0 Å². The average Bonchev–Trinajstić information content (AvgIpc) is 2.15. The molecule has 1 nitrogen and oxygen atoms in total. The summed E-state index contributed by atoms with van der Waals surface area (Å²) in [7, 11) is 1.94. The van der Waals surface area contributed by atoms with Gasteiger partial charge in [0.2, 0.25) is 0 Å². The summed E-state index contributed by atoms with van der Waals surface area (Å²) >= 11 is 5.93. The molecule has 1 aromatic rings. The normalized spacial score (nSPS) is 10.2. The van der Waals surface area contributed by atoms with Crippen LogP contribution in [0.5, 0.6) is 0 Å². The van der Waals surface area contributed by atoms with E-state index < -0.39 is 0 Å². The fourth-order valence-electron chi connectivity index (χ4n) is 0.973. The first-order valence-corrected chi connectivity index (χ1v) is 5.46. The van der Waals surface area contributed by atoms with Crippen LogP contribution < -0.4 is 4.72 Å². The van der Waals surface area contributed by atoms with Crippen LogP contribution in [0.3, 0.4) is 0 Å². The van der Waals surface area contributed by atoms with Gasteiger partial charge in [-0.25, -0.2) is 0 Å². The summed E-state index contributed by atoms with van der Waals surface area (Å²) < 4.78 is 3.05. The molecule has 0 fully saturated rings. The van der Waals surface area contributed by atoms with Crippen molar-refractivity contribution in [2.45, 2.75) is 11.5 Å². The van der Waals surface area contributed by atoms with Gasteiger partial charge in [0.1, 0.15) is 0 Å². The van der Waals surface area contributed by atoms with Gasteiger partial charge in [0.15, 0.2) is 0 Å². The van der Waals surface area contributed by atoms with Crippen LogP contribution in [-0.4, -0.2) is 7.05 Å². The van der Waals surface area contributed by atoms with E-state index in [-0.39, 0.29) is 0 Å². The van der Waals surface area contributed by atoms with Crippen molar-refractivity contribution in [3.63, 3.8) is 0 Å². The van der Waals surface area contributed by atoms with Gasteiger partial charge >= 0.3 is 0 Å². The summed E-state index contributed by atoms with van der Waals surface area (Å²) in [5, 5.41) is 0. The van der Waals surface area contributed by atoms with E-state index in [9.17, 15) is 0 Å². The molecule has 0 unspecified atom stereocenters. The molecule has 0 radical (unpaired) electrons. The third-order valence-corrected chi connectivity index (χ3v) is 2.69. The minimum atomic E-state index is 0.818. The van der Waals surface area contributed by atoms with E-state index >= 15 is 0 Å². The van der Waals surface area contributed by atoms with Gasteiger partial charge in [-0.05, 0) is 18.2 Å². The highest BCUT2D eigenvalue weighted by atomic mass is 32.2. The van der Waals surface area contributed by atoms with Crippen LogP contribution >= 0.6 is 24.6 Å². The molecule has 0 heterocycles. The molecule has 0 aliphatic carbocycles.